The lowest BCUT2D eigenvalue weighted by Gasteiger charge is -2.16. The largest absolute Gasteiger partial charge is 0.357 e. The fraction of sp³-hybridized carbons (Fsp3) is 0.400. The molecule has 0 radical (unpaired) electrons. The Labute approximate surface area is 167 Å². The summed E-state index contributed by atoms with van der Waals surface area (Å²) in [6, 6.07) is 16.8. The molecule has 4 nitrogen and oxygen atoms in total. The number of rotatable bonds is 7. The molecule has 0 amide bonds. The Hall–Kier alpha value is -1.63. The van der Waals surface area contributed by atoms with Crippen LogP contribution in [-0.2, 0) is 11.8 Å². The van der Waals surface area contributed by atoms with Gasteiger partial charge in [0.2, 0.25) is 0 Å². The summed E-state index contributed by atoms with van der Waals surface area (Å²) in [5.41, 5.74) is 2.77. The van der Waals surface area contributed by atoms with Crippen molar-refractivity contribution in [3.05, 3.63) is 66.0 Å². The zero-order valence-corrected chi connectivity index (χ0v) is 17.1. The normalized spacial score (nSPS) is 15.2. The summed E-state index contributed by atoms with van der Waals surface area (Å²) in [7, 11) is 0. The smallest absolute Gasteiger partial charge is 0.191 e. The summed E-state index contributed by atoms with van der Waals surface area (Å²) in [4.78, 5) is 9.19. The Kier molecular flexibility index (Phi) is 7.68. The minimum Gasteiger partial charge on any atom is -0.357 e. The predicted molar refractivity (Wildman–Crippen MR) is 115 cm³/mol. The molecule has 1 heterocycles. The third-order valence-corrected chi connectivity index (χ3v) is 4.52. The molecule has 25 heavy (non-hydrogen) atoms. The number of benzene rings is 1. The van der Waals surface area contributed by atoms with Crippen molar-refractivity contribution < 1.29 is 0 Å². The number of halogens is 1. The first-order chi connectivity index (χ1) is 11.8. The van der Waals surface area contributed by atoms with Gasteiger partial charge in [-0.2, -0.15) is 0 Å². The summed E-state index contributed by atoms with van der Waals surface area (Å²) < 4.78 is 0. The third kappa shape index (κ3) is 5.70. The summed E-state index contributed by atoms with van der Waals surface area (Å²) in [6.07, 6.45) is 5.20. The highest BCUT2D eigenvalue weighted by Gasteiger charge is 2.43. The Morgan fingerprint density at radius 1 is 1.08 bits per heavy atom. The topological polar surface area (TPSA) is 49.3 Å². The van der Waals surface area contributed by atoms with Crippen LogP contribution in [0.3, 0.4) is 0 Å². The first-order valence-electron chi connectivity index (χ1n) is 8.80. The lowest BCUT2D eigenvalue weighted by molar-refractivity contribution is 0.691. The van der Waals surface area contributed by atoms with Crippen LogP contribution in [0.4, 0.5) is 0 Å². The molecule has 1 fully saturated rings. The molecule has 1 aromatic carbocycles. The number of nitrogens with one attached hydrogen (secondary N) is 2. The van der Waals surface area contributed by atoms with E-state index in [2.05, 4.69) is 58.9 Å². The van der Waals surface area contributed by atoms with E-state index in [0.717, 1.165) is 37.7 Å². The van der Waals surface area contributed by atoms with Gasteiger partial charge in [0.15, 0.2) is 5.96 Å². The van der Waals surface area contributed by atoms with Crippen molar-refractivity contribution in [2.24, 2.45) is 4.99 Å². The lowest BCUT2D eigenvalue weighted by atomic mass is 9.96. The zero-order valence-electron chi connectivity index (χ0n) is 14.7. The van der Waals surface area contributed by atoms with E-state index in [1.165, 1.54) is 18.4 Å². The number of aliphatic imine (C=N–C) groups is 1. The minimum absolute atomic E-state index is 0. The van der Waals surface area contributed by atoms with Crippen molar-refractivity contribution in [1.82, 2.24) is 15.6 Å². The second kappa shape index (κ2) is 9.75. The molecule has 1 aliphatic rings. The van der Waals surface area contributed by atoms with E-state index in [0.29, 0.717) is 0 Å². The first-order valence-corrected chi connectivity index (χ1v) is 8.80. The van der Waals surface area contributed by atoms with Gasteiger partial charge >= 0.3 is 0 Å². The Morgan fingerprint density at radius 3 is 2.48 bits per heavy atom. The quantitative estimate of drug-likeness (QED) is 0.386. The van der Waals surface area contributed by atoms with Crippen LogP contribution >= 0.6 is 24.0 Å². The molecule has 1 aliphatic carbocycles. The first kappa shape index (κ1) is 19.7. The summed E-state index contributed by atoms with van der Waals surface area (Å²) in [6.45, 7) is 4.64. The number of hydrogen-bond donors (Lipinski definition) is 2. The van der Waals surface area contributed by atoms with E-state index in [9.17, 15) is 0 Å². The van der Waals surface area contributed by atoms with E-state index in [1.807, 2.05) is 18.3 Å². The average molecular weight is 450 g/mol. The van der Waals surface area contributed by atoms with Crippen molar-refractivity contribution in [1.29, 1.82) is 0 Å². The molecule has 3 rings (SSSR count). The van der Waals surface area contributed by atoms with Crippen molar-refractivity contribution in [3.8, 4) is 0 Å². The monoisotopic (exact) mass is 450 g/mol. The van der Waals surface area contributed by atoms with Gasteiger partial charge in [-0.1, -0.05) is 36.4 Å². The highest BCUT2D eigenvalue weighted by atomic mass is 127. The van der Waals surface area contributed by atoms with Gasteiger partial charge in [0, 0.05) is 36.8 Å². The van der Waals surface area contributed by atoms with Crippen LogP contribution in [0, 0.1) is 0 Å². The molecule has 134 valence electrons. The van der Waals surface area contributed by atoms with Crippen LogP contribution in [0.5, 0.6) is 0 Å². The predicted octanol–water partition coefficient (Wildman–Crippen LogP) is 3.53. The van der Waals surface area contributed by atoms with E-state index in [-0.39, 0.29) is 29.4 Å². The van der Waals surface area contributed by atoms with Gasteiger partial charge in [-0.3, -0.25) is 9.98 Å². The molecular weight excluding hydrogens is 423 g/mol. The van der Waals surface area contributed by atoms with Gasteiger partial charge < -0.3 is 10.6 Å². The summed E-state index contributed by atoms with van der Waals surface area (Å²) >= 11 is 0. The number of aromatic nitrogens is 1. The van der Waals surface area contributed by atoms with Gasteiger partial charge in [0.25, 0.3) is 0 Å². The molecule has 2 aromatic rings. The van der Waals surface area contributed by atoms with Crippen molar-refractivity contribution in [3.63, 3.8) is 0 Å². The molecule has 0 saturated heterocycles. The van der Waals surface area contributed by atoms with Crippen LogP contribution in [0.25, 0.3) is 0 Å². The van der Waals surface area contributed by atoms with Gasteiger partial charge in [0.1, 0.15) is 0 Å². The molecule has 0 bridgehead atoms. The molecular formula is C20H27IN4. The molecule has 5 heteroatoms. The average Bonchev–Trinajstić information content (AvgIpc) is 3.43. The summed E-state index contributed by atoms with van der Waals surface area (Å²) in [5.74, 6) is 0.899. The zero-order chi connectivity index (χ0) is 16.7. The lowest BCUT2D eigenvalue weighted by Crippen LogP contribution is -2.39. The van der Waals surface area contributed by atoms with Gasteiger partial charge in [0.05, 0.1) is 6.54 Å². The molecule has 2 N–H and O–H groups in total. The van der Waals surface area contributed by atoms with Gasteiger partial charge in [-0.15, -0.1) is 24.0 Å². The number of nitrogens with zero attached hydrogens (tertiary/aromatic N) is 2. The highest BCUT2D eigenvalue weighted by Crippen LogP contribution is 2.48. The number of hydrogen-bond acceptors (Lipinski definition) is 2. The van der Waals surface area contributed by atoms with Crippen molar-refractivity contribution in [2.75, 3.05) is 19.6 Å². The van der Waals surface area contributed by atoms with Crippen LogP contribution in [0.15, 0.2) is 59.7 Å². The van der Waals surface area contributed by atoms with Crippen LogP contribution in [0.2, 0.25) is 0 Å². The molecule has 0 unspecified atom stereocenters. The van der Waals surface area contributed by atoms with Gasteiger partial charge in [-0.25, -0.2) is 0 Å². The SMILES string of the molecule is CCNC(=NCC1(c2ccccc2)CC1)NCCc1ccccn1.I. The van der Waals surface area contributed by atoms with Crippen LogP contribution < -0.4 is 10.6 Å². The highest BCUT2D eigenvalue weighted by molar-refractivity contribution is 14.0. The van der Waals surface area contributed by atoms with Crippen molar-refractivity contribution >= 4 is 29.9 Å². The maximum absolute atomic E-state index is 4.83. The Morgan fingerprint density at radius 2 is 1.84 bits per heavy atom. The number of pyridine rings is 1. The van der Waals surface area contributed by atoms with Crippen molar-refractivity contribution in [2.45, 2.75) is 31.6 Å². The third-order valence-electron chi connectivity index (χ3n) is 4.52. The summed E-state index contributed by atoms with van der Waals surface area (Å²) in [5, 5.41) is 6.76. The van der Waals surface area contributed by atoms with E-state index < -0.39 is 0 Å². The van der Waals surface area contributed by atoms with Gasteiger partial charge in [-0.05, 0) is 37.5 Å². The van der Waals surface area contributed by atoms with Crippen LogP contribution in [-0.4, -0.2) is 30.6 Å². The number of guanidine groups is 1. The molecule has 1 saturated carbocycles. The van der Waals surface area contributed by atoms with E-state index >= 15 is 0 Å². The fourth-order valence-corrected chi connectivity index (χ4v) is 2.91. The second-order valence-corrected chi connectivity index (χ2v) is 6.34. The molecule has 0 atom stereocenters. The maximum atomic E-state index is 4.83. The molecule has 1 aromatic heterocycles. The molecule has 0 spiro atoms. The molecule has 0 aliphatic heterocycles. The second-order valence-electron chi connectivity index (χ2n) is 6.34. The van der Waals surface area contributed by atoms with E-state index in [1.54, 1.807) is 0 Å². The Bertz CT molecular complexity index is 654. The maximum Gasteiger partial charge on any atom is 0.191 e. The van der Waals surface area contributed by atoms with E-state index in [4.69, 9.17) is 4.99 Å². The minimum atomic E-state index is 0. The van der Waals surface area contributed by atoms with Crippen LogP contribution in [0.1, 0.15) is 31.0 Å². The fourth-order valence-electron chi connectivity index (χ4n) is 2.91. The standard InChI is InChI=1S/C20H26N4.HI/c1-2-21-19(23-15-11-18-10-6-7-14-22-18)24-16-20(12-13-20)17-8-4-3-5-9-17;/h3-10,14H,2,11-13,15-16H2,1H3,(H2,21,23,24);1H. The Balaban J connectivity index is 0.00000225.